The van der Waals surface area contributed by atoms with E-state index in [0.29, 0.717) is 19.4 Å². The van der Waals surface area contributed by atoms with Gasteiger partial charge in [-0.25, -0.2) is 4.79 Å². The lowest BCUT2D eigenvalue weighted by Crippen LogP contribution is -2.43. The molecule has 0 aliphatic carbocycles. The average Bonchev–Trinajstić information content (AvgIpc) is 2.24. The van der Waals surface area contributed by atoms with Gasteiger partial charge in [0.1, 0.15) is 0 Å². The van der Waals surface area contributed by atoms with Crippen molar-refractivity contribution in [3.63, 3.8) is 0 Å². The van der Waals surface area contributed by atoms with Crippen LogP contribution in [0.3, 0.4) is 0 Å². The van der Waals surface area contributed by atoms with Gasteiger partial charge in [-0.2, -0.15) is 0 Å². The molecule has 106 valence electrons. The van der Waals surface area contributed by atoms with Crippen LogP contribution in [0.2, 0.25) is 0 Å². The molecular formula is C11H22N2O4S. The van der Waals surface area contributed by atoms with E-state index in [2.05, 4.69) is 10.6 Å². The summed E-state index contributed by atoms with van der Waals surface area (Å²) in [6.07, 6.45) is 2.86. The summed E-state index contributed by atoms with van der Waals surface area (Å²) in [5.74, 6) is -0.828. The quantitative estimate of drug-likeness (QED) is 0.609. The van der Waals surface area contributed by atoms with Gasteiger partial charge in [0.2, 0.25) is 0 Å². The summed E-state index contributed by atoms with van der Waals surface area (Å²) >= 11 is 0. The van der Waals surface area contributed by atoms with Crippen LogP contribution in [-0.2, 0) is 15.6 Å². The molecule has 0 spiro atoms. The molecule has 0 saturated carbocycles. The smallest absolute Gasteiger partial charge is 0.315 e. The Kier molecular flexibility index (Phi) is 8.36. The molecule has 7 heteroatoms. The van der Waals surface area contributed by atoms with Gasteiger partial charge in [-0.15, -0.1) is 0 Å². The van der Waals surface area contributed by atoms with Crippen LogP contribution < -0.4 is 10.6 Å². The first-order chi connectivity index (χ1) is 8.32. The van der Waals surface area contributed by atoms with E-state index in [9.17, 15) is 13.8 Å². The van der Waals surface area contributed by atoms with Gasteiger partial charge in [0.15, 0.2) is 0 Å². The van der Waals surface area contributed by atoms with E-state index >= 15 is 0 Å². The van der Waals surface area contributed by atoms with Crippen molar-refractivity contribution >= 4 is 22.8 Å². The monoisotopic (exact) mass is 278 g/mol. The van der Waals surface area contributed by atoms with Crippen molar-refractivity contribution in [3.8, 4) is 0 Å². The molecule has 3 N–H and O–H groups in total. The van der Waals surface area contributed by atoms with E-state index < -0.39 is 16.8 Å². The largest absolute Gasteiger partial charge is 0.481 e. The molecule has 2 amide bonds. The number of carboxylic acid groups (broad SMARTS) is 1. The van der Waals surface area contributed by atoms with E-state index in [1.54, 1.807) is 13.2 Å². The molecule has 0 aliphatic rings. The molecule has 0 aromatic heterocycles. The summed E-state index contributed by atoms with van der Waals surface area (Å²) in [6.45, 7) is 3.98. The number of rotatable bonds is 8. The Morgan fingerprint density at radius 1 is 1.33 bits per heavy atom. The van der Waals surface area contributed by atoms with Crippen molar-refractivity contribution in [3.05, 3.63) is 0 Å². The summed E-state index contributed by atoms with van der Waals surface area (Å²) in [4.78, 5) is 21.8. The van der Waals surface area contributed by atoms with E-state index in [4.69, 9.17) is 5.11 Å². The maximum Gasteiger partial charge on any atom is 0.315 e. The van der Waals surface area contributed by atoms with Crippen LogP contribution in [-0.4, -0.2) is 45.4 Å². The van der Waals surface area contributed by atoms with Crippen LogP contribution in [0.4, 0.5) is 4.79 Å². The molecule has 0 bridgehead atoms. The number of nitrogens with one attached hydrogen (secondary N) is 2. The fourth-order valence-corrected chi connectivity index (χ4v) is 1.58. The highest BCUT2D eigenvalue weighted by atomic mass is 32.2. The lowest BCUT2D eigenvalue weighted by Gasteiger charge is -2.15. The molecule has 3 unspecified atom stereocenters. The zero-order valence-electron chi connectivity index (χ0n) is 11.1. The fraction of sp³-hybridized carbons (Fsp3) is 0.818. The minimum atomic E-state index is -0.957. The maximum atomic E-state index is 11.4. The molecule has 0 aromatic carbocycles. The van der Waals surface area contributed by atoms with E-state index in [-0.39, 0.29) is 23.7 Å². The third kappa shape index (κ3) is 8.98. The fourth-order valence-electron chi connectivity index (χ4n) is 1.26. The van der Waals surface area contributed by atoms with Gasteiger partial charge >= 0.3 is 12.0 Å². The number of amides is 2. The highest BCUT2D eigenvalue weighted by molar-refractivity contribution is 7.84. The van der Waals surface area contributed by atoms with Crippen molar-refractivity contribution in [1.82, 2.24) is 10.6 Å². The third-order valence-corrected chi connectivity index (χ3v) is 3.82. The Labute approximate surface area is 110 Å². The topological polar surface area (TPSA) is 95.5 Å². The maximum absolute atomic E-state index is 11.4. The Bertz CT molecular complexity index is 309. The van der Waals surface area contributed by atoms with Crippen LogP contribution in [0.15, 0.2) is 0 Å². The molecule has 3 atom stereocenters. The molecule has 0 aliphatic heterocycles. The molecule has 6 nitrogen and oxygen atoms in total. The van der Waals surface area contributed by atoms with E-state index in [1.165, 1.54) is 0 Å². The third-order valence-electron chi connectivity index (χ3n) is 2.52. The van der Waals surface area contributed by atoms with Gasteiger partial charge in [0.25, 0.3) is 0 Å². The number of carbonyl (C=O) groups excluding carboxylic acids is 1. The van der Waals surface area contributed by atoms with Gasteiger partial charge in [-0.1, -0.05) is 0 Å². The number of carbonyl (C=O) groups is 2. The molecule has 0 aromatic rings. The zero-order chi connectivity index (χ0) is 14.1. The highest BCUT2D eigenvalue weighted by Crippen LogP contribution is 2.00. The molecule has 18 heavy (non-hydrogen) atoms. The SMILES string of the molecule is CC(CCCC(=O)O)NC(=O)NCC(C)S(C)=O. The van der Waals surface area contributed by atoms with Gasteiger partial charge in [-0.05, 0) is 26.7 Å². The predicted molar refractivity (Wildman–Crippen MR) is 71.0 cm³/mol. The van der Waals surface area contributed by atoms with Gasteiger partial charge in [-0.3, -0.25) is 9.00 Å². The number of hydrogen-bond donors (Lipinski definition) is 3. The van der Waals surface area contributed by atoms with Crippen molar-refractivity contribution in [2.24, 2.45) is 0 Å². The summed E-state index contributed by atoms with van der Waals surface area (Å²) in [5.41, 5.74) is 0. The van der Waals surface area contributed by atoms with E-state index in [1.807, 2.05) is 6.92 Å². The second-order valence-electron chi connectivity index (χ2n) is 4.35. The molecule has 0 rings (SSSR count). The van der Waals surface area contributed by atoms with Crippen molar-refractivity contribution in [1.29, 1.82) is 0 Å². The molecular weight excluding hydrogens is 256 g/mol. The van der Waals surface area contributed by atoms with Crippen LogP contribution >= 0.6 is 0 Å². The second kappa shape index (κ2) is 8.91. The van der Waals surface area contributed by atoms with Gasteiger partial charge in [0, 0.05) is 41.3 Å². The van der Waals surface area contributed by atoms with Crippen LogP contribution in [0.1, 0.15) is 33.1 Å². The first kappa shape index (κ1) is 16.9. The van der Waals surface area contributed by atoms with E-state index in [0.717, 1.165) is 0 Å². The number of urea groups is 1. The van der Waals surface area contributed by atoms with Gasteiger partial charge in [0.05, 0.1) is 0 Å². The number of aliphatic carboxylic acids is 1. The molecule has 0 heterocycles. The predicted octanol–water partition coefficient (Wildman–Crippen LogP) is 0.696. The van der Waals surface area contributed by atoms with Crippen molar-refractivity contribution in [2.45, 2.75) is 44.4 Å². The minimum absolute atomic E-state index is 0.0771. The lowest BCUT2D eigenvalue weighted by atomic mass is 10.1. The minimum Gasteiger partial charge on any atom is -0.481 e. The Hall–Kier alpha value is -1.11. The van der Waals surface area contributed by atoms with Crippen molar-refractivity contribution < 1.29 is 18.9 Å². The summed E-state index contributed by atoms with van der Waals surface area (Å²) < 4.78 is 11.1. The lowest BCUT2D eigenvalue weighted by molar-refractivity contribution is -0.137. The summed E-state index contributed by atoms with van der Waals surface area (Å²) in [6, 6.07) is -0.387. The average molecular weight is 278 g/mol. The standard InChI is InChI=1S/C11H22N2O4S/c1-8(5-4-6-10(14)15)13-11(16)12-7-9(2)18(3)17/h8-9H,4-7H2,1-3H3,(H,14,15)(H2,12,13,16). The van der Waals surface area contributed by atoms with Gasteiger partial charge < -0.3 is 15.7 Å². The van der Waals surface area contributed by atoms with Crippen LogP contribution in [0.5, 0.6) is 0 Å². The van der Waals surface area contributed by atoms with Crippen LogP contribution in [0, 0.1) is 0 Å². The highest BCUT2D eigenvalue weighted by Gasteiger charge is 2.10. The molecule has 0 fully saturated rings. The first-order valence-electron chi connectivity index (χ1n) is 5.91. The normalized spacial score (nSPS) is 15.5. The Morgan fingerprint density at radius 3 is 2.44 bits per heavy atom. The first-order valence-corrected chi connectivity index (χ1v) is 7.53. The zero-order valence-corrected chi connectivity index (χ0v) is 11.9. The number of carboxylic acids is 1. The number of hydrogen-bond acceptors (Lipinski definition) is 3. The van der Waals surface area contributed by atoms with Crippen LogP contribution in [0.25, 0.3) is 0 Å². The molecule has 0 radical (unpaired) electrons. The summed E-state index contributed by atoms with van der Waals surface area (Å²) in [7, 11) is -0.957. The summed E-state index contributed by atoms with van der Waals surface area (Å²) in [5, 5.41) is 13.7. The Morgan fingerprint density at radius 2 is 1.94 bits per heavy atom. The second-order valence-corrected chi connectivity index (χ2v) is 6.15. The molecule has 0 saturated heterocycles. The van der Waals surface area contributed by atoms with Crippen molar-refractivity contribution in [2.75, 3.05) is 12.8 Å². The Balaban J connectivity index is 3.73.